The first-order chi connectivity index (χ1) is 9.98. The summed E-state index contributed by atoms with van der Waals surface area (Å²) in [7, 11) is 0. The van der Waals surface area contributed by atoms with Gasteiger partial charge in [0, 0.05) is 17.9 Å². The van der Waals surface area contributed by atoms with Crippen molar-refractivity contribution in [3.05, 3.63) is 29.8 Å². The molecular weight excluding hydrogens is 285 g/mol. The van der Waals surface area contributed by atoms with E-state index >= 15 is 0 Å². The molecule has 0 aliphatic carbocycles. The van der Waals surface area contributed by atoms with Crippen LogP contribution in [0.4, 0.5) is 13.2 Å². The van der Waals surface area contributed by atoms with Crippen LogP contribution < -0.4 is 4.74 Å². The first kappa shape index (κ1) is 16.1. The topological polar surface area (TPSA) is 27.7 Å². The van der Waals surface area contributed by atoms with Gasteiger partial charge in [-0.2, -0.15) is 13.2 Å². The predicted octanol–water partition coefficient (Wildman–Crippen LogP) is 4.09. The van der Waals surface area contributed by atoms with Gasteiger partial charge in [0.05, 0.1) is 19.8 Å². The van der Waals surface area contributed by atoms with E-state index in [4.69, 9.17) is 14.2 Å². The highest BCUT2D eigenvalue weighted by molar-refractivity contribution is 5.28. The monoisotopic (exact) mass is 304 g/mol. The van der Waals surface area contributed by atoms with Crippen molar-refractivity contribution < 1.29 is 27.4 Å². The van der Waals surface area contributed by atoms with E-state index < -0.39 is 18.9 Å². The zero-order valence-electron chi connectivity index (χ0n) is 11.9. The van der Waals surface area contributed by atoms with Crippen LogP contribution in [-0.2, 0) is 9.47 Å². The van der Waals surface area contributed by atoms with Crippen LogP contribution in [0.5, 0.6) is 5.75 Å². The Balaban J connectivity index is 1.80. The minimum atomic E-state index is -4.12. The molecule has 0 bridgehead atoms. The maximum atomic E-state index is 12.2. The summed E-state index contributed by atoms with van der Waals surface area (Å²) >= 11 is 0. The van der Waals surface area contributed by atoms with Gasteiger partial charge in [0.25, 0.3) is 0 Å². The molecule has 21 heavy (non-hydrogen) atoms. The molecule has 3 nitrogen and oxygen atoms in total. The molecule has 0 N–H and O–H groups in total. The molecule has 1 fully saturated rings. The lowest BCUT2D eigenvalue weighted by Crippen LogP contribution is -2.28. The van der Waals surface area contributed by atoms with Crippen LogP contribution in [0, 0.1) is 5.92 Å². The number of hydrogen-bond donors (Lipinski definition) is 0. The highest BCUT2D eigenvalue weighted by Crippen LogP contribution is 2.30. The summed E-state index contributed by atoms with van der Waals surface area (Å²) in [6.07, 6.45) is -5.38. The van der Waals surface area contributed by atoms with E-state index in [0.29, 0.717) is 6.61 Å². The lowest BCUT2D eigenvalue weighted by atomic mass is 10.0. The first-order valence-electron chi connectivity index (χ1n) is 7.00. The van der Waals surface area contributed by atoms with Crippen LogP contribution in [-0.4, -0.2) is 26.0 Å². The largest absolute Gasteiger partial charge is 0.494 e. The number of halogens is 3. The van der Waals surface area contributed by atoms with Crippen molar-refractivity contribution in [3.63, 3.8) is 0 Å². The molecule has 0 unspecified atom stereocenters. The first-order valence-corrected chi connectivity index (χ1v) is 7.00. The maximum Gasteiger partial charge on any atom is 0.389 e. The number of rotatable bonds is 5. The average molecular weight is 304 g/mol. The molecule has 1 aliphatic heterocycles. The second kappa shape index (κ2) is 7.13. The van der Waals surface area contributed by atoms with Crippen molar-refractivity contribution >= 4 is 0 Å². The van der Waals surface area contributed by atoms with Gasteiger partial charge in [-0.05, 0) is 25.5 Å². The zero-order chi connectivity index (χ0) is 15.3. The van der Waals surface area contributed by atoms with E-state index in [0.717, 1.165) is 11.3 Å². The minimum absolute atomic E-state index is 0.0412. The summed E-state index contributed by atoms with van der Waals surface area (Å²) < 4.78 is 52.8. The number of alkyl halides is 3. The Morgan fingerprint density at radius 1 is 1.14 bits per heavy atom. The van der Waals surface area contributed by atoms with E-state index in [1.165, 1.54) is 0 Å². The Kier molecular flexibility index (Phi) is 5.47. The molecule has 118 valence electrons. The van der Waals surface area contributed by atoms with E-state index in [9.17, 15) is 13.2 Å². The predicted molar refractivity (Wildman–Crippen MR) is 71.0 cm³/mol. The van der Waals surface area contributed by atoms with Crippen molar-refractivity contribution in [2.75, 3.05) is 19.8 Å². The second-order valence-electron chi connectivity index (χ2n) is 5.02. The summed E-state index contributed by atoms with van der Waals surface area (Å²) in [4.78, 5) is 0. The third kappa shape index (κ3) is 5.21. The molecule has 1 aromatic rings. The Morgan fingerprint density at radius 2 is 1.76 bits per heavy atom. The highest BCUT2D eigenvalue weighted by atomic mass is 19.4. The van der Waals surface area contributed by atoms with E-state index in [2.05, 4.69) is 0 Å². The molecule has 2 rings (SSSR count). The summed E-state index contributed by atoms with van der Waals surface area (Å²) in [5.74, 6) is 0.561. The molecule has 0 spiro atoms. The van der Waals surface area contributed by atoms with Crippen LogP contribution >= 0.6 is 0 Å². The van der Waals surface area contributed by atoms with Gasteiger partial charge in [0.2, 0.25) is 0 Å². The Hall–Kier alpha value is -1.27. The van der Waals surface area contributed by atoms with Crippen LogP contribution in [0.1, 0.15) is 31.6 Å². The molecular formula is C15H19F3O3. The maximum absolute atomic E-state index is 12.2. The summed E-state index contributed by atoms with van der Waals surface area (Å²) in [5.41, 5.74) is 0.840. The average Bonchev–Trinajstić information content (AvgIpc) is 2.46. The van der Waals surface area contributed by atoms with Gasteiger partial charge in [-0.15, -0.1) is 0 Å². The summed E-state index contributed by atoms with van der Waals surface area (Å²) in [6.45, 7) is 3.07. The number of ether oxygens (including phenoxy) is 3. The van der Waals surface area contributed by atoms with Crippen molar-refractivity contribution in [3.8, 4) is 5.75 Å². The highest BCUT2D eigenvalue weighted by Gasteiger charge is 2.30. The lowest BCUT2D eigenvalue weighted by Gasteiger charge is -2.29. The van der Waals surface area contributed by atoms with Gasteiger partial charge >= 0.3 is 6.18 Å². The van der Waals surface area contributed by atoms with Gasteiger partial charge in [-0.25, -0.2) is 0 Å². The van der Waals surface area contributed by atoms with E-state index in [1.54, 1.807) is 0 Å². The number of hydrogen-bond acceptors (Lipinski definition) is 3. The van der Waals surface area contributed by atoms with Crippen LogP contribution in [0.3, 0.4) is 0 Å². The van der Waals surface area contributed by atoms with Gasteiger partial charge in [-0.3, -0.25) is 0 Å². The molecule has 1 aliphatic rings. The fraction of sp³-hybridized carbons (Fsp3) is 0.600. The van der Waals surface area contributed by atoms with Crippen LogP contribution in [0.2, 0.25) is 0 Å². The normalized spacial score (nSPS) is 23.0. The molecule has 1 saturated heterocycles. The summed E-state index contributed by atoms with van der Waals surface area (Å²) in [6, 6.07) is 7.32. The van der Waals surface area contributed by atoms with Gasteiger partial charge in [-0.1, -0.05) is 12.1 Å². The fourth-order valence-electron chi connectivity index (χ4n) is 2.16. The quantitative estimate of drug-likeness (QED) is 0.820. The number of benzene rings is 1. The molecule has 6 heteroatoms. The van der Waals surface area contributed by atoms with Crippen molar-refractivity contribution in [1.82, 2.24) is 0 Å². The zero-order valence-corrected chi connectivity index (χ0v) is 11.9. The van der Waals surface area contributed by atoms with Crippen molar-refractivity contribution in [2.24, 2.45) is 5.92 Å². The molecule has 0 aromatic heterocycles. The molecule has 0 atom stereocenters. The van der Waals surface area contributed by atoms with Crippen LogP contribution in [0.15, 0.2) is 24.3 Å². The smallest absolute Gasteiger partial charge is 0.389 e. The second-order valence-corrected chi connectivity index (χ2v) is 5.02. The Labute approximate surface area is 122 Å². The molecule has 1 aromatic carbocycles. The van der Waals surface area contributed by atoms with E-state index in [1.807, 2.05) is 31.2 Å². The minimum Gasteiger partial charge on any atom is -0.494 e. The van der Waals surface area contributed by atoms with Gasteiger partial charge < -0.3 is 14.2 Å². The Morgan fingerprint density at radius 3 is 2.29 bits per heavy atom. The van der Waals surface area contributed by atoms with E-state index in [-0.39, 0.29) is 25.6 Å². The lowest BCUT2D eigenvalue weighted by molar-refractivity contribution is -0.211. The third-order valence-electron chi connectivity index (χ3n) is 3.27. The van der Waals surface area contributed by atoms with Crippen molar-refractivity contribution in [1.29, 1.82) is 0 Å². The standard InChI is InChI=1S/C15H19F3O3/c1-2-19-13-5-3-12(4-6-13)14-20-9-11(10-21-14)7-8-15(16,17)18/h3-6,11,14H,2,7-10H2,1H3/t11-,14-. The van der Waals surface area contributed by atoms with Crippen molar-refractivity contribution in [2.45, 2.75) is 32.2 Å². The molecule has 0 amide bonds. The Bertz CT molecular complexity index is 423. The summed E-state index contributed by atoms with van der Waals surface area (Å²) in [5, 5.41) is 0. The molecule has 0 radical (unpaired) electrons. The van der Waals surface area contributed by atoms with Gasteiger partial charge in [0.1, 0.15) is 5.75 Å². The van der Waals surface area contributed by atoms with Gasteiger partial charge in [0.15, 0.2) is 6.29 Å². The SMILES string of the molecule is CCOc1ccc([C@H]2OC[C@H](CCC(F)(F)F)CO2)cc1. The molecule has 0 saturated carbocycles. The fourth-order valence-corrected chi connectivity index (χ4v) is 2.16. The third-order valence-corrected chi connectivity index (χ3v) is 3.27. The van der Waals surface area contributed by atoms with Crippen LogP contribution in [0.25, 0.3) is 0 Å². The molecule has 1 heterocycles.